The minimum atomic E-state index is -0.476. The Hall–Kier alpha value is -1.82. The van der Waals surface area contributed by atoms with Gasteiger partial charge in [-0.2, -0.15) is 0 Å². The van der Waals surface area contributed by atoms with Gasteiger partial charge in [0.05, 0.1) is 11.6 Å². The maximum Gasteiger partial charge on any atom is 0.407 e. The van der Waals surface area contributed by atoms with Gasteiger partial charge >= 0.3 is 6.09 Å². The number of alkyl carbamates (subject to hydrolysis) is 1. The van der Waals surface area contributed by atoms with Gasteiger partial charge in [-0.05, 0) is 55.3 Å². The molecular formula is C18H22BrN3O2. The molecule has 0 spiro atoms. The van der Waals surface area contributed by atoms with Crippen LogP contribution in [0.1, 0.15) is 27.2 Å². The zero-order valence-electron chi connectivity index (χ0n) is 14.2. The molecule has 1 unspecified atom stereocenters. The predicted octanol–water partition coefficient (Wildman–Crippen LogP) is 4.10. The van der Waals surface area contributed by atoms with E-state index in [2.05, 4.69) is 37.2 Å². The number of rotatable bonds is 2. The van der Waals surface area contributed by atoms with Crippen LogP contribution in [-0.2, 0) is 4.74 Å². The highest BCUT2D eigenvalue weighted by Gasteiger charge is 2.27. The summed E-state index contributed by atoms with van der Waals surface area (Å²) in [7, 11) is 0. The van der Waals surface area contributed by atoms with Crippen molar-refractivity contribution in [2.45, 2.75) is 38.8 Å². The van der Waals surface area contributed by atoms with Crippen molar-refractivity contribution in [3.05, 3.63) is 34.9 Å². The van der Waals surface area contributed by atoms with Gasteiger partial charge < -0.3 is 15.0 Å². The van der Waals surface area contributed by atoms with Gasteiger partial charge in [0.15, 0.2) is 0 Å². The summed E-state index contributed by atoms with van der Waals surface area (Å²) in [6.45, 7) is 7.27. The number of aromatic nitrogens is 1. The van der Waals surface area contributed by atoms with Crippen LogP contribution in [0.3, 0.4) is 0 Å². The molecule has 1 fully saturated rings. The van der Waals surface area contributed by atoms with Gasteiger partial charge in [-0.1, -0.05) is 12.1 Å². The average Bonchev–Trinajstić information content (AvgIpc) is 2.93. The van der Waals surface area contributed by atoms with Crippen LogP contribution in [0.5, 0.6) is 0 Å². The van der Waals surface area contributed by atoms with E-state index in [-0.39, 0.29) is 12.1 Å². The predicted molar refractivity (Wildman–Crippen MR) is 99.4 cm³/mol. The van der Waals surface area contributed by atoms with E-state index >= 15 is 0 Å². The Morgan fingerprint density at radius 3 is 2.92 bits per heavy atom. The van der Waals surface area contributed by atoms with Crippen molar-refractivity contribution in [3.8, 4) is 0 Å². The van der Waals surface area contributed by atoms with Crippen molar-refractivity contribution in [3.63, 3.8) is 0 Å². The first-order chi connectivity index (χ1) is 11.3. The second-order valence-corrected chi connectivity index (χ2v) is 7.90. The van der Waals surface area contributed by atoms with Crippen LogP contribution in [0.25, 0.3) is 10.9 Å². The Morgan fingerprint density at radius 1 is 1.38 bits per heavy atom. The van der Waals surface area contributed by atoms with Gasteiger partial charge in [-0.3, -0.25) is 4.98 Å². The number of hydrogen-bond acceptors (Lipinski definition) is 4. The molecule has 0 bridgehead atoms. The number of ether oxygens (including phenoxy) is 1. The molecule has 1 aromatic heterocycles. The third-order valence-electron chi connectivity index (χ3n) is 3.95. The standard InChI is InChI=1S/C18H22BrN3O2/c1-18(2,3)24-17(23)21-12-8-10-22(11-12)15-7-9-20-16-13(15)5-4-6-14(16)19/h4-7,9,12H,8,10-11H2,1-3H3,(H,21,23). The fourth-order valence-corrected chi connectivity index (χ4v) is 3.44. The summed E-state index contributed by atoms with van der Waals surface area (Å²) >= 11 is 3.56. The molecule has 2 heterocycles. The molecule has 5 nitrogen and oxygen atoms in total. The lowest BCUT2D eigenvalue weighted by molar-refractivity contribution is 0.0509. The third kappa shape index (κ3) is 3.80. The Morgan fingerprint density at radius 2 is 2.17 bits per heavy atom. The monoisotopic (exact) mass is 391 g/mol. The number of halogens is 1. The highest BCUT2D eigenvalue weighted by atomic mass is 79.9. The lowest BCUT2D eigenvalue weighted by atomic mass is 10.2. The van der Waals surface area contributed by atoms with E-state index in [9.17, 15) is 4.79 Å². The number of pyridine rings is 1. The van der Waals surface area contributed by atoms with Crippen LogP contribution in [0.4, 0.5) is 10.5 Å². The van der Waals surface area contributed by atoms with Gasteiger partial charge in [0.2, 0.25) is 0 Å². The molecule has 0 saturated carbocycles. The molecule has 1 aromatic carbocycles. The van der Waals surface area contributed by atoms with Crippen molar-refractivity contribution in [1.29, 1.82) is 0 Å². The van der Waals surface area contributed by atoms with Crippen LogP contribution >= 0.6 is 15.9 Å². The minimum Gasteiger partial charge on any atom is -0.444 e. The Balaban J connectivity index is 1.72. The average molecular weight is 392 g/mol. The van der Waals surface area contributed by atoms with E-state index < -0.39 is 5.60 Å². The van der Waals surface area contributed by atoms with Crippen molar-refractivity contribution < 1.29 is 9.53 Å². The summed E-state index contributed by atoms with van der Waals surface area (Å²) in [5, 5.41) is 4.08. The molecule has 2 aromatic rings. The van der Waals surface area contributed by atoms with Gasteiger partial charge in [0.25, 0.3) is 0 Å². The lowest BCUT2D eigenvalue weighted by Gasteiger charge is -2.23. The number of amides is 1. The molecule has 6 heteroatoms. The number of para-hydroxylation sites is 1. The van der Waals surface area contributed by atoms with Crippen LogP contribution in [0.2, 0.25) is 0 Å². The van der Waals surface area contributed by atoms with E-state index in [1.54, 1.807) is 0 Å². The first-order valence-corrected chi connectivity index (χ1v) is 8.90. The fraction of sp³-hybridized carbons (Fsp3) is 0.444. The molecule has 1 aliphatic rings. The fourth-order valence-electron chi connectivity index (χ4n) is 2.97. The molecule has 3 rings (SSSR count). The smallest absolute Gasteiger partial charge is 0.407 e. The molecular weight excluding hydrogens is 370 g/mol. The number of benzene rings is 1. The Labute approximate surface area is 150 Å². The van der Waals surface area contributed by atoms with E-state index in [4.69, 9.17) is 4.74 Å². The highest BCUT2D eigenvalue weighted by molar-refractivity contribution is 9.10. The zero-order valence-corrected chi connectivity index (χ0v) is 15.8. The molecule has 1 amide bonds. The molecule has 1 N–H and O–H groups in total. The Kier molecular flexibility index (Phi) is 4.67. The van der Waals surface area contributed by atoms with Gasteiger partial charge in [0, 0.05) is 34.8 Å². The number of carbonyl (C=O) groups excluding carboxylic acids is 1. The minimum absolute atomic E-state index is 0.0928. The zero-order chi connectivity index (χ0) is 17.3. The van der Waals surface area contributed by atoms with Gasteiger partial charge in [0.1, 0.15) is 5.60 Å². The first-order valence-electron chi connectivity index (χ1n) is 8.11. The topological polar surface area (TPSA) is 54.5 Å². The largest absolute Gasteiger partial charge is 0.444 e. The van der Waals surface area contributed by atoms with E-state index in [1.165, 1.54) is 0 Å². The van der Waals surface area contributed by atoms with Gasteiger partial charge in [-0.15, -0.1) is 0 Å². The maximum atomic E-state index is 11.9. The SMILES string of the molecule is CC(C)(C)OC(=O)NC1CCN(c2ccnc3c(Br)cccc23)C1. The second-order valence-electron chi connectivity index (χ2n) is 7.04. The summed E-state index contributed by atoms with van der Waals surface area (Å²) in [6, 6.07) is 8.22. The quantitative estimate of drug-likeness (QED) is 0.836. The summed E-state index contributed by atoms with van der Waals surface area (Å²) in [5.74, 6) is 0. The first kappa shape index (κ1) is 17.0. The Bertz CT molecular complexity index is 758. The van der Waals surface area contributed by atoms with Crippen LogP contribution < -0.4 is 10.2 Å². The van der Waals surface area contributed by atoms with Crippen LogP contribution in [0, 0.1) is 0 Å². The normalized spacial score (nSPS) is 18.0. The van der Waals surface area contributed by atoms with E-state index in [0.29, 0.717) is 0 Å². The van der Waals surface area contributed by atoms with E-state index in [1.807, 2.05) is 45.2 Å². The number of hydrogen-bond donors (Lipinski definition) is 1. The van der Waals surface area contributed by atoms with Crippen LogP contribution in [0.15, 0.2) is 34.9 Å². The molecule has 24 heavy (non-hydrogen) atoms. The number of carbonyl (C=O) groups is 1. The second kappa shape index (κ2) is 6.59. The number of anilines is 1. The van der Waals surface area contributed by atoms with Crippen molar-refractivity contribution >= 4 is 38.6 Å². The van der Waals surface area contributed by atoms with Gasteiger partial charge in [-0.25, -0.2) is 4.79 Å². The summed E-state index contributed by atoms with van der Waals surface area (Å²) in [4.78, 5) is 18.7. The summed E-state index contributed by atoms with van der Waals surface area (Å²) in [5.41, 5.74) is 1.63. The molecule has 1 atom stereocenters. The van der Waals surface area contributed by atoms with E-state index in [0.717, 1.165) is 40.6 Å². The van der Waals surface area contributed by atoms with Crippen molar-refractivity contribution in [1.82, 2.24) is 10.3 Å². The number of fused-ring (bicyclic) bond motifs is 1. The van der Waals surface area contributed by atoms with Crippen LogP contribution in [-0.4, -0.2) is 35.8 Å². The molecule has 0 aliphatic carbocycles. The number of nitrogens with zero attached hydrogens (tertiary/aromatic N) is 2. The molecule has 1 saturated heterocycles. The number of nitrogens with one attached hydrogen (secondary N) is 1. The molecule has 1 aliphatic heterocycles. The highest BCUT2D eigenvalue weighted by Crippen LogP contribution is 2.31. The molecule has 128 valence electrons. The summed E-state index contributed by atoms with van der Waals surface area (Å²) in [6.07, 6.45) is 2.38. The summed E-state index contributed by atoms with van der Waals surface area (Å²) < 4.78 is 6.33. The van der Waals surface area contributed by atoms with Crippen molar-refractivity contribution in [2.75, 3.05) is 18.0 Å². The third-order valence-corrected chi connectivity index (χ3v) is 4.59. The lowest BCUT2D eigenvalue weighted by Crippen LogP contribution is -2.40. The van der Waals surface area contributed by atoms with Crippen molar-refractivity contribution in [2.24, 2.45) is 0 Å². The molecule has 0 radical (unpaired) electrons. The maximum absolute atomic E-state index is 11.9.